The van der Waals surface area contributed by atoms with E-state index in [-0.39, 0.29) is 0 Å². The SMILES string of the molecule is c1ccc(-n2c3ccc(-c4ccc5c(c4)c4ccccc4n5-c4ccc5c(c4)sc4ccccc45)cc3c3c4cccc5c4c(cc32)-c2ccccc2-5)cc1. The molecule has 55 heavy (non-hydrogen) atoms. The number of fused-ring (bicyclic) bond motifs is 13. The van der Waals surface area contributed by atoms with Gasteiger partial charge in [0, 0.05) is 53.1 Å². The van der Waals surface area contributed by atoms with Gasteiger partial charge in [-0.1, -0.05) is 115 Å². The number of rotatable bonds is 3. The summed E-state index contributed by atoms with van der Waals surface area (Å²) in [5, 5.41) is 10.4. The van der Waals surface area contributed by atoms with Crippen molar-refractivity contribution in [1.29, 1.82) is 0 Å². The van der Waals surface area contributed by atoms with Crippen molar-refractivity contribution in [2.45, 2.75) is 0 Å². The number of nitrogens with zero attached hydrogens (tertiary/aromatic N) is 2. The highest BCUT2D eigenvalue weighted by atomic mass is 32.1. The highest BCUT2D eigenvalue weighted by molar-refractivity contribution is 7.25. The lowest BCUT2D eigenvalue weighted by Gasteiger charge is -2.10. The topological polar surface area (TPSA) is 9.86 Å². The average molecular weight is 715 g/mol. The van der Waals surface area contributed by atoms with Crippen molar-refractivity contribution < 1.29 is 0 Å². The van der Waals surface area contributed by atoms with E-state index in [1.807, 2.05) is 11.3 Å². The second-order valence-corrected chi connectivity index (χ2v) is 15.9. The molecule has 1 aliphatic rings. The molecule has 0 amide bonds. The van der Waals surface area contributed by atoms with Crippen molar-refractivity contribution in [3.8, 4) is 44.8 Å². The number of hydrogen-bond acceptors (Lipinski definition) is 1. The summed E-state index contributed by atoms with van der Waals surface area (Å²) in [6, 6.07) is 67.7. The van der Waals surface area contributed by atoms with E-state index < -0.39 is 0 Å². The van der Waals surface area contributed by atoms with Crippen molar-refractivity contribution in [3.63, 3.8) is 0 Å². The molecule has 3 aromatic heterocycles. The molecule has 0 N–H and O–H groups in total. The van der Waals surface area contributed by atoms with E-state index >= 15 is 0 Å². The minimum absolute atomic E-state index is 1.17. The van der Waals surface area contributed by atoms with Crippen LogP contribution in [0.3, 0.4) is 0 Å². The molecular weight excluding hydrogens is 685 g/mol. The Labute approximate surface area is 320 Å². The molecule has 0 fully saturated rings. The van der Waals surface area contributed by atoms with E-state index in [4.69, 9.17) is 0 Å². The van der Waals surface area contributed by atoms with E-state index in [0.717, 1.165) is 0 Å². The Morgan fingerprint density at radius 3 is 1.76 bits per heavy atom. The molecule has 3 heterocycles. The number of hydrogen-bond donors (Lipinski definition) is 0. The first kappa shape index (κ1) is 29.5. The quantitative estimate of drug-likeness (QED) is 0.172. The Hall–Kier alpha value is -6.94. The number of benzene rings is 9. The molecule has 3 heteroatoms. The summed E-state index contributed by atoms with van der Waals surface area (Å²) in [4.78, 5) is 0. The van der Waals surface area contributed by atoms with Gasteiger partial charge in [0.15, 0.2) is 0 Å². The molecule has 0 saturated heterocycles. The number of aromatic nitrogens is 2. The molecule has 0 bridgehead atoms. The van der Waals surface area contributed by atoms with Gasteiger partial charge in [-0.05, 0) is 111 Å². The molecule has 254 valence electrons. The van der Waals surface area contributed by atoms with Crippen LogP contribution in [-0.2, 0) is 0 Å². The van der Waals surface area contributed by atoms with Gasteiger partial charge < -0.3 is 9.13 Å². The fraction of sp³-hybridized carbons (Fsp3) is 0. The third kappa shape index (κ3) is 3.97. The van der Waals surface area contributed by atoms with E-state index in [0.29, 0.717) is 0 Å². The van der Waals surface area contributed by atoms with Crippen molar-refractivity contribution in [1.82, 2.24) is 9.13 Å². The molecule has 0 saturated carbocycles. The van der Waals surface area contributed by atoms with Crippen LogP contribution < -0.4 is 0 Å². The summed E-state index contributed by atoms with van der Waals surface area (Å²) in [5.74, 6) is 0. The lowest BCUT2D eigenvalue weighted by atomic mass is 9.96. The van der Waals surface area contributed by atoms with Crippen molar-refractivity contribution in [2.24, 2.45) is 0 Å². The lowest BCUT2D eigenvalue weighted by molar-refractivity contribution is 1.18. The predicted octanol–water partition coefficient (Wildman–Crippen LogP) is 14.7. The van der Waals surface area contributed by atoms with Gasteiger partial charge in [0.1, 0.15) is 0 Å². The predicted molar refractivity (Wildman–Crippen MR) is 235 cm³/mol. The maximum Gasteiger partial charge on any atom is 0.0553 e. The summed E-state index contributed by atoms with van der Waals surface area (Å²) in [5.41, 5.74) is 15.0. The zero-order chi connectivity index (χ0) is 35.8. The van der Waals surface area contributed by atoms with Crippen LogP contribution in [0.25, 0.3) is 119 Å². The number of thiophene rings is 1. The number of para-hydroxylation sites is 2. The molecule has 1 aliphatic carbocycles. The van der Waals surface area contributed by atoms with Gasteiger partial charge in [-0.15, -0.1) is 11.3 Å². The van der Waals surface area contributed by atoms with Crippen LogP contribution in [0, 0.1) is 0 Å². The molecule has 0 radical (unpaired) electrons. The minimum atomic E-state index is 1.17. The van der Waals surface area contributed by atoms with Gasteiger partial charge in [-0.25, -0.2) is 0 Å². The summed E-state index contributed by atoms with van der Waals surface area (Å²) < 4.78 is 7.55. The van der Waals surface area contributed by atoms with Crippen LogP contribution in [0.1, 0.15) is 0 Å². The van der Waals surface area contributed by atoms with Crippen LogP contribution >= 0.6 is 11.3 Å². The third-order valence-corrected chi connectivity index (χ3v) is 13.2. The van der Waals surface area contributed by atoms with E-state index in [1.54, 1.807) is 0 Å². The summed E-state index contributed by atoms with van der Waals surface area (Å²) in [6.07, 6.45) is 0. The molecule has 2 nitrogen and oxygen atoms in total. The first-order valence-corrected chi connectivity index (χ1v) is 19.7. The van der Waals surface area contributed by atoms with Gasteiger partial charge in [0.2, 0.25) is 0 Å². The normalized spacial score (nSPS) is 12.4. The molecule has 0 atom stereocenters. The van der Waals surface area contributed by atoms with Gasteiger partial charge in [-0.3, -0.25) is 0 Å². The molecule has 13 rings (SSSR count). The maximum absolute atomic E-state index is 2.46. The van der Waals surface area contributed by atoms with Gasteiger partial charge in [0.25, 0.3) is 0 Å². The zero-order valence-electron chi connectivity index (χ0n) is 29.6. The maximum atomic E-state index is 2.46. The highest BCUT2D eigenvalue weighted by Crippen LogP contribution is 2.51. The Bertz CT molecular complexity index is 3600. The van der Waals surface area contributed by atoms with Crippen LogP contribution in [0.15, 0.2) is 182 Å². The molecule has 0 spiro atoms. The Kier molecular flexibility index (Phi) is 5.80. The fourth-order valence-electron chi connectivity index (χ4n) is 9.70. The zero-order valence-corrected chi connectivity index (χ0v) is 30.4. The van der Waals surface area contributed by atoms with Crippen molar-refractivity contribution in [3.05, 3.63) is 182 Å². The largest absolute Gasteiger partial charge is 0.309 e. The second kappa shape index (κ2) is 10.8. The van der Waals surface area contributed by atoms with Crippen LogP contribution in [-0.4, -0.2) is 9.13 Å². The molecule has 0 aliphatic heterocycles. The summed E-state index contributed by atoms with van der Waals surface area (Å²) in [6.45, 7) is 0. The Morgan fingerprint density at radius 1 is 0.291 bits per heavy atom. The smallest absolute Gasteiger partial charge is 0.0553 e. The van der Waals surface area contributed by atoms with Crippen LogP contribution in [0.2, 0.25) is 0 Å². The first-order valence-electron chi connectivity index (χ1n) is 18.9. The van der Waals surface area contributed by atoms with Crippen molar-refractivity contribution >= 4 is 85.9 Å². The van der Waals surface area contributed by atoms with Crippen LogP contribution in [0.5, 0.6) is 0 Å². The molecule has 0 unspecified atom stereocenters. The standard InChI is InChI=1S/C52H30N2S/c1-2-11-33(12-3-1)53-47-26-22-32(28-44(47)52-41-18-10-17-40-35-13-4-5-14-36(35)43(51(40)41)30-48(52)53)31-21-25-46-42(27-31)37-15-6-8-19-45(37)54(46)34-23-24-39-38-16-7-9-20-49(38)55-50(39)29-34/h1-30H. The van der Waals surface area contributed by atoms with Crippen molar-refractivity contribution in [2.75, 3.05) is 0 Å². The Balaban J connectivity index is 1.05. The minimum Gasteiger partial charge on any atom is -0.309 e. The third-order valence-electron chi connectivity index (χ3n) is 12.0. The summed E-state index contributed by atoms with van der Waals surface area (Å²) >= 11 is 1.87. The molecule has 9 aromatic carbocycles. The van der Waals surface area contributed by atoms with E-state index in [1.165, 1.54) is 119 Å². The van der Waals surface area contributed by atoms with Gasteiger partial charge in [0.05, 0.1) is 22.1 Å². The van der Waals surface area contributed by atoms with E-state index in [2.05, 4.69) is 191 Å². The van der Waals surface area contributed by atoms with Gasteiger partial charge in [-0.2, -0.15) is 0 Å². The highest BCUT2D eigenvalue weighted by Gasteiger charge is 2.25. The lowest BCUT2D eigenvalue weighted by Crippen LogP contribution is -1.93. The van der Waals surface area contributed by atoms with Crippen LogP contribution in [0.4, 0.5) is 0 Å². The fourth-order valence-corrected chi connectivity index (χ4v) is 10.8. The molecular formula is C52H30N2S. The van der Waals surface area contributed by atoms with E-state index in [9.17, 15) is 0 Å². The first-order chi connectivity index (χ1) is 27.3. The second-order valence-electron chi connectivity index (χ2n) is 14.9. The Morgan fingerprint density at radius 2 is 0.909 bits per heavy atom. The summed E-state index contributed by atoms with van der Waals surface area (Å²) in [7, 11) is 0. The molecule has 12 aromatic rings. The monoisotopic (exact) mass is 714 g/mol. The average Bonchev–Trinajstić information content (AvgIpc) is 3.98. The van der Waals surface area contributed by atoms with Gasteiger partial charge >= 0.3 is 0 Å².